The van der Waals surface area contributed by atoms with Crippen LogP contribution in [0, 0.1) is 0 Å². The number of para-hydroxylation sites is 1. The van der Waals surface area contributed by atoms with Crippen molar-refractivity contribution < 1.29 is 50.5 Å². The van der Waals surface area contributed by atoms with Crippen LogP contribution in [0.1, 0.15) is 0 Å². The Hall–Kier alpha value is 2.02. The van der Waals surface area contributed by atoms with Crippen LogP contribution in [0.2, 0.25) is 0 Å². The van der Waals surface area contributed by atoms with Crippen LogP contribution in [0.4, 0.5) is 0 Å². The van der Waals surface area contributed by atoms with Crippen molar-refractivity contribution in [1.82, 2.24) is 0 Å². The van der Waals surface area contributed by atoms with E-state index in [0.717, 1.165) is 7.11 Å². The molecule has 0 amide bonds. The monoisotopic (exact) mass is 441 g/mol. The Kier molecular flexibility index (Phi) is 188. The molecular weight excluding hydrogens is 428 g/mol. The van der Waals surface area contributed by atoms with Crippen molar-refractivity contribution in [2.45, 2.75) is 0 Å². The van der Waals surface area contributed by atoms with Gasteiger partial charge in [0.1, 0.15) is 5.75 Å². The van der Waals surface area contributed by atoms with Gasteiger partial charge < -0.3 is 10.2 Å². The number of hydrogen-bond donors (Lipinski definition) is 2. The van der Waals surface area contributed by atoms with Gasteiger partial charge in [0, 0.05) is 47.4 Å². The zero-order chi connectivity index (χ0) is 7.11. The molecule has 0 bridgehead atoms. The van der Waals surface area contributed by atoms with Crippen molar-refractivity contribution in [3.05, 3.63) is 30.3 Å². The molecule has 1 aromatic carbocycles. The van der Waals surface area contributed by atoms with Gasteiger partial charge in [-0.3, -0.25) is 0 Å². The van der Waals surface area contributed by atoms with Gasteiger partial charge in [-0.15, -0.1) is 74.4 Å². The maximum atomic E-state index is 8.63. The SMILES string of the molecule is CO.Cl.Cl.Cl.Cl.Cl.Cl.Oc1ccccc1.[Ti].[V]. The average molecular weight is 444 g/mol. The second-order valence-electron chi connectivity index (χ2n) is 1.34. The zero-order valence-corrected chi connectivity index (χ0v) is 16.5. The second-order valence-corrected chi connectivity index (χ2v) is 1.34. The maximum Gasteiger partial charge on any atom is 0.115 e. The van der Waals surface area contributed by atoms with Crippen LogP contribution in [0.5, 0.6) is 5.75 Å². The van der Waals surface area contributed by atoms with Gasteiger partial charge in [-0.1, -0.05) is 18.2 Å². The number of phenols is 1. The molecule has 0 unspecified atom stereocenters. The van der Waals surface area contributed by atoms with E-state index in [9.17, 15) is 0 Å². The number of rotatable bonds is 0. The predicted octanol–water partition coefficient (Wildman–Crippen LogP) is 3.53. The molecule has 0 aliphatic heterocycles. The molecule has 0 heterocycles. The Morgan fingerprint density at radius 2 is 0.941 bits per heavy atom. The summed E-state index contributed by atoms with van der Waals surface area (Å²) in [5.74, 6) is 0.322. The number of halogens is 6. The second kappa shape index (κ2) is 52.0. The Morgan fingerprint density at radius 3 is 1.06 bits per heavy atom. The van der Waals surface area contributed by atoms with Crippen molar-refractivity contribution >= 4 is 74.4 Å². The first-order chi connectivity index (χ1) is 4.39. The van der Waals surface area contributed by atoms with E-state index in [-0.39, 0.29) is 115 Å². The van der Waals surface area contributed by atoms with Crippen LogP contribution < -0.4 is 0 Å². The van der Waals surface area contributed by atoms with Gasteiger partial charge in [-0.2, -0.15) is 0 Å². The molecule has 17 heavy (non-hydrogen) atoms. The quantitative estimate of drug-likeness (QED) is 0.602. The summed E-state index contributed by atoms with van der Waals surface area (Å²) in [5, 5.41) is 15.6. The van der Waals surface area contributed by atoms with E-state index in [0.29, 0.717) is 5.75 Å². The number of phenolic OH excluding ortho intramolecular Hbond substituents is 1. The molecule has 1 radical (unpaired) electrons. The molecule has 2 N–H and O–H groups in total. The van der Waals surface area contributed by atoms with E-state index in [2.05, 4.69) is 0 Å². The van der Waals surface area contributed by atoms with Crippen LogP contribution in [-0.4, -0.2) is 17.3 Å². The number of aliphatic hydroxyl groups is 1. The van der Waals surface area contributed by atoms with Gasteiger partial charge in [-0.05, 0) is 12.1 Å². The molecule has 0 aromatic heterocycles. The molecule has 1 aromatic rings. The summed E-state index contributed by atoms with van der Waals surface area (Å²) in [7, 11) is 1.00. The molecule has 107 valence electrons. The number of hydrogen-bond acceptors (Lipinski definition) is 2. The summed E-state index contributed by atoms with van der Waals surface area (Å²) >= 11 is 0. The summed E-state index contributed by atoms with van der Waals surface area (Å²) in [6.07, 6.45) is 0. The zero-order valence-electron chi connectivity index (χ0n) is 8.68. The molecular formula is C7H16Cl6O2TiV. The predicted molar refractivity (Wildman–Crippen MR) is 79.7 cm³/mol. The fourth-order valence-corrected chi connectivity index (χ4v) is 0.428. The van der Waals surface area contributed by atoms with Gasteiger partial charge >= 0.3 is 0 Å². The smallest absolute Gasteiger partial charge is 0.115 e. The molecule has 2 nitrogen and oxygen atoms in total. The molecule has 0 saturated heterocycles. The molecule has 10 heteroatoms. The number of benzene rings is 1. The first-order valence-electron chi connectivity index (χ1n) is 2.58. The van der Waals surface area contributed by atoms with Gasteiger partial charge in [-0.25, -0.2) is 0 Å². The molecule has 0 fully saturated rings. The third-order valence-electron chi connectivity index (χ3n) is 0.756. The van der Waals surface area contributed by atoms with E-state index in [1.54, 1.807) is 24.3 Å². The third-order valence-corrected chi connectivity index (χ3v) is 0.756. The standard InChI is InChI=1S/C6H6O.CH4O.6ClH.Ti.V/c7-6-4-2-1-3-5-6;1-2;;;;;;;;/h1-5,7H;2H,1H3;6*1H;;. The van der Waals surface area contributed by atoms with Gasteiger partial charge in [0.2, 0.25) is 0 Å². The Bertz CT molecular complexity index is 162. The van der Waals surface area contributed by atoms with Crippen LogP contribution >= 0.6 is 74.4 Å². The third kappa shape index (κ3) is 46.1. The van der Waals surface area contributed by atoms with Crippen LogP contribution in [-0.2, 0) is 40.3 Å². The first-order valence-corrected chi connectivity index (χ1v) is 2.58. The van der Waals surface area contributed by atoms with E-state index in [4.69, 9.17) is 10.2 Å². The largest absolute Gasteiger partial charge is 0.508 e. The normalized spacial score (nSPS) is 3.88. The Labute approximate surface area is 166 Å². The van der Waals surface area contributed by atoms with Crippen molar-refractivity contribution in [3.8, 4) is 5.75 Å². The molecule has 0 aliphatic rings. The summed E-state index contributed by atoms with van der Waals surface area (Å²) in [6.45, 7) is 0. The van der Waals surface area contributed by atoms with Crippen LogP contribution in [0.25, 0.3) is 0 Å². The minimum atomic E-state index is 0. The summed E-state index contributed by atoms with van der Waals surface area (Å²) < 4.78 is 0. The van der Waals surface area contributed by atoms with Crippen molar-refractivity contribution in [2.75, 3.05) is 7.11 Å². The summed E-state index contributed by atoms with van der Waals surface area (Å²) in [6, 6.07) is 8.71. The van der Waals surface area contributed by atoms with Gasteiger partial charge in [0.25, 0.3) is 0 Å². The van der Waals surface area contributed by atoms with Crippen molar-refractivity contribution in [3.63, 3.8) is 0 Å². The minimum absolute atomic E-state index is 0. The molecule has 0 aliphatic carbocycles. The van der Waals surface area contributed by atoms with E-state index < -0.39 is 0 Å². The van der Waals surface area contributed by atoms with Crippen molar-refractivity contribution in [1.29, 1.82) is 0 Å². The fourth-order valence-electron chi connectivity index (χ4n) is 0.428. The Balaban J connectivity index is -0.00000000876. The molecule has 0 atom stereocenters. The number of aliphatic hydroxyl groups excluding tert-OH is 1. The van der Waals surface area contributed by atoms with Gasteiger partial charge in [0.15, 0.2) is 0 Å². The van der Waals surface area contributed by atoms with Crippen LogP contribution in [0.3, 0.4) is 0 Å². The molecule has 0 saturated carbocycles. The van der Waals surface area contributed by atoms with E-state index in [1.165, 1.54) is 0 Å². The van der Waals surface area contributed by atoms with E-state index >= 15 is 0 Å². The molecule has 1 rings (SSSR count). The maximum absolute atomic E-state index is 8.63. The first kappa shape index (κ1) is 61.5. The fraction of sp³-hybridized carbons (Fsp3) is 0.143. The topological polar surface area (TPSA) is 40.5 Å². The molecule has 0 spiro atoms. The van der Waals surface area contributed by atoms with Gasteiger partial charge in [0.05, 0.1) is 0 Å². The average Bonchev–Trinajstić information content (AvgIpc) is 1.94. The van der Waals surface area contributed by atoms with E-state index in [1.807, 2.05) is 6.07 Å². The summed E-state index contributed by atoms with van der Waals surface area (Å²) in [5.41, 5.74) is 0. The van der Waals surface area contributed by atoms with Crippen molar-refractivity contribution in [2.24, 2.45) is 0 Å². The number of aromatic hydroxyl groups is 1. The summed E-state index contributed by atoms with van der Waals surface area (Å²) in [4.78, 5) is 0. The van der Waals surface area contributed by atoms with Crippen LogP contribution in [0.15, 0.2) is 30.3 Å². The minimum Gasteiger partial charge on any atom is -0.508 e. The Morgan fingerprint density at radius 1 is 0.706 bits per heavy atom.